The number of amides is 1. The van der Waals surface area contributed by atoms with Crippen LogP contribution in [-0.4, -0.2) is 40.2 Å². The molecule has 0 saturated heterocycles. The monoisotopic (exact) mass is 430 g/mol. The lowest BCUT2D eigenvalue weighted by atomic mass is 9.82. The van der Waals surface area contributed by atoms with Crippen molar-refractivity contribution in [3.63, 3.8) is 0 Å². The van der Waals surface area contributed by atoms with Crippen molar-refractivity contribution in [2.24, 2.45) is 10.9 Å². The fourth-order valence-corrected chi connectivity index (χ4v) is 5.14. The van der Waals surface area contributed by atoms with E-state index in [9.17, 15) is 4.79 Å². The lowest BCUT2D eigenvalue weighted by molar-refractivity contribution is -0.115. The van der Waals surface area contributed by atoms with Crippen LogP contribution in [0, 0.1) is 5.92 Å². The molecule has 3 rings (SSSR count). The van der Waals surface area contributed by atoms with Crippen molar-refractivity contribution >= 4 is 39.2 Å². The van der Waals surface area contributed by atoms with Gasteiger partial charge in [0.25, 0.3) is 0 Å². The third-order valence-electron chi connectivity index (χ3n) is 4.85. The summed E-state index contributed by atoms with van der Waals surface area (Å²) in [6, 6.07) is 5.54. The van der Waals surface area contributed by atoms with E-state index >= 15 is 0 Å². The van der Waals surface area contributed by atoms with E-state index < -0.39 is 0 Å². The lowest BCUT2D eigenvalue weighted by Crippen LogP contribution is -2.21. The van der Waals surface area contributed by atoms with Gasteiger partial charge in [0.1, 0.15) is 5.01 Å². The first-order valence-corrected chi connectivity index (χ1v) is 11.3. The standard InChI is InChI=1S/C20H26N6OS2/c1-13(21-2)28-18(22-3)14-7-6-8-15(11-14)19-25-26-20(29-19)24-17(27)12-16-9-4-5-10-23-16/h4-5,9-10,14-15,21H,1,6-8,11-12H2,2-3H3,(H,24,26,27). The van der Waals surface area contributed by atoms with E-state index in [0.29, 0.717) is 17.0 Å². The molecule has 1 fully saturated rings. The number of aromatic nitrogens is 3. The van der Waals surface area contributed by atoms with Crippen molar-refractivity contribution in [1.29, 1.82) is 0 Å². The molecule has 2 N–H and O–H groups in total. The van der Waals surface area contributed by atoms with Gasteiger partial charge in [-0.1, -0.05) is 42.2 Å². The highest BCUT2D eigenvalue weighted by Gasteiger charge is 2.29. The van der Waals surface area contributed by atoms with Gasteiger partial charge in [0.2, 0.25) is 11.0 Å². The van der Waals surface area contributed by atoms with Gasteiger partial charge in [0.05, 0.1) is 16.5 Å². The topological polar surface area (TPSA) is 92.2 Å². The first kappa shape index (κ1) is 21.4. The SMILES string of the molecule is C=C(NC)SC(=NC)C1CCCC(c2nnc(NC(=O)Cc3ccccn3)s2)C1. The molecular weight excluding hydrogens is 404 g/mol. The predicted molar refractivity (Wildman–Crippen MR) is 120 cm³/mol. The van der Waals surface area contributed by atoms with Crippen molar-refractivity contribution in [1.82, 2.24) is 20.5 Å². The molecule has 2 unspecified atom stereocenters. The van der Waals surface area contributed by atoms with Crippen LogP contribution in [0.1, 0.15) is 42.3 Å². The first-order chi connectivity index (χ1) is 14.1. The van der Waals surface area contributed by atoms with Crippen LogP contribution in [0.4, 0.5) is 5.13 Å². The van der Waals surface area contributed by atoms with Crippen LogP contribution in [0.2, 0.25) is 0 Å². The van der Waals surface area contributed by atoms with Crippen LogP contribution in [-0.2, 0) is 11.2 Å². The maximum absolute atomic E-state index is 12.2. The number of nitrogens with zero attached hydrogens (tertiary/aromatic N) is 4. The van der Waals surface area contributed by atoms with Gasteiger partial charge in [0.15, 0.2) is 0 Å². The minimum absolute atomic E-state index is 0.129. The minimum atomic E-state index is -0.129. The van der Waals surface area contributed by atoms with E-state index in [1.807, 2.05) is 32.3 Å². The fraction of sp³-hybridized carbons (Fsp3) is 0.450. The summed E-state index contributed by atoms with van der Waals surface area (Å²) in [5.41, 5.74) is 0.733. The van der Waals surface area contributed by atoms with Crippen LogP contribution in [0.3, 0.4) is 0 Å². The van der Waals surface area contributed by atoms with Gasteiger partial charge in [0, 0.05) is 37.8 Å². The molecule has 7 nitrogen and oxygen atoms in total. The second kappa shape index (κ2) is 10.5. The molecule has 29 heavy (non-hydrogen) atoms. The summed E-state index contributed by atoms with van der Waals surface area (Å²) in [7, 11) is 3.71. The Hall–Kier alpha value is -2.26. The summed E-state index contributed by atoms with van der Waals surface area (Å²) >= 11 is 3.08. The van der Waals surface area contributed by atoms with Crippen molar-refractivity contribution < 1.29 is 4.79 Å². The number of hydrogen-bond donors (Lipinski definition) is 2. The predicted octanol–water partition coefficient (Wildman–Crippen LogP) is 3.84. The van der Waals surface area contributed by atoms with Crippen LogP contribution < -0.4 is 10.6 Å². The molecule has 0 radical (unpaired) electrons. The Balaban J connectivity index is 1.59. The Labute approximate surface area is 179 Å². The maximum Gasteiger partial charge on any atom is 0.232 e. The fourth-order valence-electron chi connectivity index (χ4n) is 3.41. The minimum Gasteiger partial charge on any atom is -0.383 e. The molecule has 1 amide bonds. The van der Waals surface area contributed by atoms with Crippen molar-refractivity contribution in [3.05, 3.63) is 46.7 Å². The van der Waals surface area contributed by atoms with Crippen LogP contribution in [0.5, 0.6) is 0 Å². The van der Waals surface area contributed by atoms with Crippen LogP contribution in [0.25, 0.3) is 0 Å². The smallest absolute Gasteiger partial charge is 0.232 e. The van der Waals surface area contributed by atoms with Crippen LogP contribution >= 0.6 is 23.1 Å². The summed E-state index contributed by atoms with van der Waals surface area (Å²) in [6.45, 7) is 4.00. The molecule has 154 valence electrons. The molecule has 1 saturated carbocycles. The molecular formula is C20H26N6OS2. The Bertz CT molecular complexity index is 867. The zero-order chi connectivity index (χ0) is 20.6. The molecule has 2 aromatic heterocycles. The summed E-state index contributed by atoms with van der Waals surface area (Å²) in [6.07, 6.45) is 6.24. The summed E-state index contributed by atoms with van der Waals surface area (Å²) in [4.78, 5) is 20.9. The van der Waals surface area contributed by atoms with Gasteiger partial charge in [-0.15, -0.1) is 10.2 Å². The van der Waals surface area contributed by atoms with Gasteiger partial charge < -0.3 is 10.6 Å². The largest absolute Gasteiger partial charge is 0.383 e. The molecule has 1 aliphatic carbocycles. The first-order valence-electron chi connectivity index (χ1n) is 9.63. The molecule has 0 bridgehead atoms. The summed E-state index contributed by atoms with van der Waals surface area (Å²) < 4.78 is 0. The molecule has 0 spiro atoms. The molecule has 2 atom stereocenters. The number of carbonyl (C=O) groups excluding carboxylic acids is 1. The van der Waals surface area contributed by atoms with Crippen molar-refractivity contribution in [3.8, 4) is 0 Å². The third-order valence-corrected chi connectivity index (χ3v) is 7.03. The zero-order valence-electron chi connectivity index (χ0n) is 16.7. The van der Waals surface area contributed by atoms with Gasteiger partial charge in [-0.05, 0) is 31.4 Å². The van der Waals surface area contributed by atoms with Gasteiger partial charge in [-0.2, -0.15) is 0 Å². The van der Waals surface area contributed by atoms with E-state index in [1.165, 1.54) is 11.3 Å². The van der Waals surface area contributed by atoms with Gasteiger partial charge >= 0.3 is 0 Å². The molecule has 2 aromatic rings. The number of rotatable bonds is 7. The third kappa shape index (κ3) is 6.11. The molecule has 9 heteroatoms. The van der Waals surface area contributed by atoms with E-state index in [4.69, 9.17) is 0 Å². The highest BCUT2D eigenvalue weighted by Crippen LogP contribution is 2.40. The normalized spacial score (nSPS) is 19.6. The second-order valence-corrected chi connectivity index (χ2v) is 9.01. The highest BCUT2D eigenvalue weighted by molar-refractivity contribution is 8.17. The average Bonchev–Trinajstić information content (AvgIpc) is 3.21. The quantitative estimate of drug-likeness (QED) is 0.512. The second-order valence-electron chi connectivity index (χ2n) is 6.89. The Morgan fingerprint density at radius 2 is 2.24 bits per heavy atom. The number of nitrogens with one attached hydrogen (secondary N) is 2. The van der Waals surface area contributed by atoms with Crippen molar-refractivity contribution in [2.45, 2.75) is 38.0 Å². The highest BCUT2D eigenvalue weighted by atomic mass is 32.2. The molecule has 0 aliphatic heterocycles. The van der Waals surface area contributed by atoms with Gasteiger partial charge in [-0.3, -0.25) is 14.8 Å². The number of pyridine rings is 1. The molecule has 2 heterocycles. The Kier molecular flexibility index (Phi) is 7.76. The Morgan fingerprint density at radius 1 is 1.38 bits per heavy atom. The number of hydrogen-bond acceptors (Lipinski definition) is 8. The average molecular weight is 431 g/mol. The number of anilines is 1. The molecule has 0 aromatic carbocycles. The summed E-state index contributed by atoms with van der Waals surface area (Å²) in [5, 5.41) is 18.0. The summed E-state index contributed by atoms with van der Waals surface area (Å²) in [5.74, 6) is 0.614. The number of thioether (sulfide) groups is 1. The number of carbonyl (C=O) groups is 1. The lowest BCUT2D eigenvalue weighted by Gasteiger charge is -2.28. The zero-order valence-corrected chi connectivity index (χ0v) is 18.4. The van der Waals surface area contributed by atoms with E-state index in [2.05, 4.69) is 37.4 Å². The number of aliphatic imine (C=N–C) groups is 1. The van der Waals surface area contributed by atoms with E-state index in [-0.39, 0.29) is 12.3 Å². The van der Waals surface area contributed by atoms with E-state index in [0.717, 1.165) is 46.5 Å². The van der Waals surface area contributed by atoms with Crippen molar-refractivity contribution in [2.75, 3.05) is 19.4 Å². The molecule has 1 aliphatic rings. The van der Waals surface area contributed by atoms with Crippen LogP contribution in [0.15, 0.2) is 41.0 Å². The Morgan fingerprint density at radius 3 is 2.97 bits per heavy atom. The van der Waals surface area contributed by atoms with Gasteiger partial charge in [-0.25, -0.2) is 0 Å². The van der Waals surface area contributed by atoms with E-state index in [1.54, 1.807) is 18.0 Å². The maximum atomic E-state index is 12.2.